The van der Waals surface area contributed by atoms with Gasteiger partial charge >= 0.3 is 6.09 Å². The Hall–Kier alpha value is -1.83. The first kappa shape index (κ1) is 19.5. The summed E-state index contributed by atoms with van der Waals surface area (Å²) in [5, 5.41) is 18.1. The van der Waals surface area contributed by atoms with Crippen molar-refractivity contribution in [2.45, 2.75) is 30.8 Å². The first-order chi connectivity index (χ1) is 11.9. The Morgan fingerprint density at radius 3 is 2.68 bits per heavy atom. The SMILES string of the molecule is COC[C@H](NC(=O)O)C(=O)N[C@@]1(Cc2ccc(Cl)cc2)CCCNC1. The first-order valence-electron chi connectivity index (χ1n) is 8.20. The van der Waals surface area contributed by atoms with Crippen LogP contribution in [0.3, 0.4) is 0 Å². The highest BCUT2D eigenvalue weighted by molar-refractivity contribution is 6.30. The molecule has 8 heteroatoms. The summed E-state index contributed by atoms with van der Waals surface area (Å²) >= 11 is 5.94. The van der Waals surface area contributed by atoms with Gasteiger partial charge in [0.15, 0.2) is 0 Å². The number of methoxy groups -OCH3 is 1. The zero-order chi connectivity index (χ0) is 18.3. The van der Waals surface area contributed by atoms with E-state index in [0.717, 1.165) is 24.9 Å². The topological polar surface area (TPSA) is 99.7 Å². The number of piperidine rings is 1. The fourth-order valence-electron chi connectivity index (χ4n) is 3.11. The molecule has 1 aliphatic rings. The van der Waals surface area contributed by atoms with Gasteiger partial charge in [0.2, 0.25) is 5.91 Å². The van der Waals surface area contributed by atoms with E-state index in [9.17, 15) is 9.59 Å². The monoisotopic (exact) mass is 369 g/mol. The van der Waals surface area contributed by atoms with Crippen molar-refractivity contribution in [1.82, 2.24) is 16.0 Å². The summed E-state index contributed by atoms with van der Waals surface area (Å²) in [6.07, 6.45) is 1.11. The fourth-order valence-corrected chi connectivity index (χ4v) is 3.24. The molecule has 0 saturated carbocycles. The average Bonchev–Trinajstić information content (AvgIpc) is 2.57. The van der Waals surface area contributed by atoms with Gasteiger partial charge in [-0.15, -0.1) is 0 Å². The predicted octanol–water partition coefficient (Wildman–Crippen LogP) is 1.40. The number of amides is 2. The number of halogens is 1. The minimum atomic E-state index is -1.26. The van der Waals surface area contributed by atoms with Gasteiger partial charge in [0.05, 0.1) is 12.1 Å². The van der Waals surface area contributed by atoms with E-state index in [0.29, 0.717) is 18.0 Å². The normalized spacial score (nSPS) is 21.4. The minimum Gasteiger partial charge on any atom is -0.465 e. The van der Waals surface area contributed by atoms with Crippen LogP contribution in [0.5, 0.6) is 0 Å². The molecular weight excluding hydrogens is 346 g/mol. The summed E-state index contributed by atoms with van der Waals surface area (Å²) in [6.45, 7) is 1.49. The zero-order valence-corrected chi connectivity index (χ0v) is 14.9. The number of hydrogen-bond acceptors (Lipinski definition) is 4. The lowest BCUT2D eigenvalue weighted by Crippen LogP contribution is -2.63. The number of nitrogens with one attached hydrogen (secondary N) is 3. The van der Waals surface area contributed by atoms with Crippen LogP contribution in [-0.2, 0) is 16.0 Å². The summed E-state index contributed by atoms with van der Waals surface area (Å²) in [5.41, 5.74) is 0.581. The number of carbonyl (C=O) groups is 2. The first-order valence-corrected chi connectivity index (χ1v) is 8.57. The molecule has 0 bridgehead atoms. The summed E-state index contributed by atoms with van der Waals surface area (Å²) in [6, 6.07) is 6.57. The Morgan fingerprint density at radius 2 is 2.12 bits per heavy atom. The van der Waals surface area contributed by atoms with Gasteiger partial charge in [-0.25, -0.2) is 4.79 Å². The van der Waals surface area contributed by atoms with E-state index < -0.39 is 17.7 Å². The van der Waals surface area contributed by atoms with Gasteiger partial charge in [0.1, 0.15) is 6.04 Å². The van der Waals surface area contributed by atoms with E-state index in [4.69, 9.17) is 21.4 Å². The second-order valence-corrected chi connectivity index (χ2v) is 6.75. The number of carboxylic acid groups (broad SMARTS) is 1. The van der Waals surface area contributed by atoms with Crippen molar-refractivity contribution >= 4 is 23.6 Å². The summed E-state index contributed by atoms with van der Waals surface area (Å²) in [4.78, 5) is 23.5. The molecule has 138 valence electrons. The lowest BCUT2D eigenvalue weighted by atomic mass is 9.83. The second kappa shape index (κ2) is 9.03. The maximum atomic E-state index is 12.6. The number of ether oxygens (including phenoxy) is 1. The average molecular weight is 370 g/mol. The molecule has 2 atom stereocenters. The van der Waals surface area contributed by atoms with Crippen molar-refractivity contribution < 1.29 is 19.4 Å². The third kappa shape index (κ3) is 5.88. The highest BCUT2D eigenvalue weighted by Gasteiger charge is 2.36. The molecule has 2 rings (SSSR count). The molecule has 1 aliphatic heterocycles. The van der Waals surface area contributed by atoms with Crippen LogP contribution in [0.15, 0.2) is 24.3 Å². The molecule has 1 fully saturated rings. The lowest BCUT2D eigenvalue weighted by Gasteiger charge is -2.39. The lowest BCUT2D eigenvalue weighted by molar-refractivity contribution is -0.126. The largest absolute Gasteiger partial charge is 0.465 e. The molecule has 1 aromatic carbocycles. The number of carbonyl (C=O) groups excluding carboxylic acids is 1. The molecule has 1 aromatic rings. The summed E-state index contributed by atoms with van der Waals surface area (Å²) in [7, 11) is 1.43. The third-order valence-corrected chi connectivity index (χ3v) is 4.52. The van der Waals surface area contributed by atoms with E-state index in [1.807, 2.05) is 24.3 Å². The van der Waals surface area contributed by atoms with Gasteiger partial charge in [-0.2, -0.15) is 0 Å². The molecule has 25 heavy (non-hydrogen) atoms. The van der Waals surface area contributed by atoms with Crippen LogP contribution < -0.4 is 16.0 Å². The van der Waals surface area contributed by atoms with Gasteiger partial charge < -0.3 is 25.8 Å². The Morgan fingerprint density at radius 1 is 1.40 bits per heavy atom. The Labute approximate surface area is 152 Å². The van der Waals surface area contributed by atoms with E-state index in [-0.39, 0.29) is 12.5 Å². The van der Waals surface area contributed by atoms with Crippen LogP contribution in [-0.4, -0.2) is 55.5 Å². The quantitative estimate of drug-likeness (QED) is 0.582. The molecule has 0 radical (unpaired) electrons. The fraction of sp³-hybridized carbons (Fsp3) is 0.529. The molecule has 0 spiro atoms. The van der Waals surface area contributed by atoms with E-state index in [1.54, 1.807) is 0 Å². The van der Waals surface area contributed by atoms with E-state index >= 15 is 0 Å². The van der Waals surface area contributed by atoms with Crippen LogP contribution in [0.1, 0.15) is 18.4 Å². The van der Waals surface area contributed by atoms with E-state index in [2.05, 4.69) is 16.0 Å². The molecule has 4 N–H and O–H groups in total. The highest BCUT2D eigenvalue weighted by atomic mass is 35.5. The van der Waals surface area contributed by atoms with Crippen LogP contribution in [0.25, 0.3) is 0 Å². The molecule has 7 nitrogen and oxygen atoms in total. The van der Waals surface area contributed by atoms with Crippen LogP contribution >= 0.6 is 11.6 Å². The van der Waals surface area contributed by atoms with Crippen molar-refractivity contribution in [3.05, 3.63) is 34.9 Å². The smallest absolute Gasteiger partial charge is 0.405 e. The molecule has 1 saturated heterocycles. The maximum absolute atomic E-state index is 12.6. The summed E-state index contributed by atoms with van der Waals surface area (Å²) in [5.74, 6) is -0.387. The molecule has 0 aromatic heterocycles. The van der Waals surface area contributed by atoms with Crippen LogP contribution in [0, 0.1) is 0 Å². The number of hydrogen-bond donors (Lipinski definition) is 4. The zero-order valence-electron chi connectivity index (χ0n) is 14.2. The van der Waals surface area contributed by atoms with Gasteiger partial charge in [-0.1, -0.05) is 23.7 Å². The molecule has 0 unspecified atom stereocenters. The van der Waals surface area contributed by atoms with Gasteiger partial charge in [-0.3, -0.25) is 4.79 Å². The minimum absolute atomic E-state index is 0.0252. The van der Waals surface area contributed by atoms with Gasteiger partial charge in [0.25, 0.3) is 0 Å². The van der Waals surface area contributed by atoms with Crippen molar-refractivity contribution in [3.63, 3.8) is 0 Å². The maximum Gasteiger partial charge on any atom is 0.405 e. The van der Waals surface area contributed by atoms with Crippen molar-refractivity contribution in [3.8, 4) is 0 Å². The van der Waals surface area contributed by atoms with Crippen molar-refractivity contribution in [2.75, 3.05) is 26.8 Å². The number of benzene rings is 1. The Bertz CT molecular complexity index is 588. The Kier molecular flexibility index (Phi) is 7.04. The molecule has 1 heterocycles. The number of rotatable bonds is 7. The van der Waals surface area contributed by atoms with Crippen LogP contribution in [0.4, 0.5) is 4.79 Å². The van der Waals surface area contributed by atoms with Crippen molar-refractivity contribution in [1.29, 1.82) is 0 Å². The highest BCUT2D eigenvalue weighted by Crippen LogP contribution is 2.23. The molecule has 2 amide bonds. The predicted molar refractivity (Wildman–Crippen MR) is 95.0 cm³/mol. The Balaban J connectivity index is 2.13. The van der Waals surface area contributed by atoms with Gasteiger partial charge in [0, 0.05) is 18.7 Å². The molecular formula is C17H24ClN3O4. The van der Waals surface area contributed by atoms with E-state index in [1.165, 1.54) is 7.11 Å². The van der Waals surface area contributed by atoms with Crippen molar-refractivity contribution in [2.24, 2.45) is 0 Å². The third-order valence-electron chi connectivity index (χ3n) is 4.26. The standard InChI is InChI=1S/C17H24ClN3O4/c1-25-10-14(20-16(23)24)15(22)21-17(7-2-8-19-11-17)9-12-3-5-13(18)6-4-12/h3-6,14,19-20H,2,7-11H2,1H3,(H,21,22)(H,23,24)/t14-,17+/m0/s1. The van der Waals surface area contributed by atoms with Gasteiger partial charge in [-0.05, 0) is 43.5 Å². The van der Waals surface area contributed by atoms with Crippen LogP contribution in [0.2, 0.25) is 5.02 Å². The summed E-state index contributed by atoms with van der Waals surface area (Å²) < 4.78 is 4.96. The second-order valence-electron chi connectivity index (χ2n) is 6.31. The molecule has 0 aliphatic carbocycles.